The average Bonchev–Trinajstić information content (AvgIpc) is 2.52. The number of benzene rings is 2. The molecule has 2 amide bonds. The Morgan fingerprint density at radius 3 is 2.55 bits per heavy atom. The molecule has 4 nitrogen and oxygen atoms in total. The zero-order valence-electron chi connectivity index (χ0n) is 12.1. The molecule has 0 unspecified atom stereocenters. The molecule has 2 aromatic rings. The fourth-order valence-corrected chi connectivity index (χ4v) is 2.45. The van der Waals surface area contributed by atoms with Gasteiger partial charge in [0.25, 0.3) is 11.8 Å². The minimum atomic E-state index is -0.384. The normalized spacial score (nSPS) is 15.4. The fourth-order valence-electron chi connectivity index (χ4n) is 2.45. The number of rotatable bonds is 3. The highest BCUT2D eigenvalue weighted by Crippen LogP contribution is 2.26. The summed E-state index contributed by atoms with van der Waals surface area (Å²) in [6, 6.07) is 14.6. The number of imide groups is 1. The summed E-state index contributed by atoms with van der Waals surface area (Å²) in [7, 11) is 0. The van der Waals surface area contributed by atoms with E-state index in [1.54, 1.807) is 24.3 Å². The van der Waals surface area contributed by atoms with Crippen LogP contribution in [0.3, 0.4) is 0 Å². The third-order valence-corrected chi connectivity index (χ3v) is 3.41. The van der Waals surface area contributed by atoms with Crippen molar-refractivity contribution in [3.05, 3.63) is 65.2 Å². The van der Waals surface area contributed by atoms with Gasteiger partial charge in [0.1, 0.15) is 5.75 Å². The molecule has 0 saturated carbocycles. The van der Waals surface area contributed by atoms with Gasteiger partial charge in [0.2, 0.25) is 0 Å². The van der Waals surface area contributed by atoms with E-state index in [9.17, 15) is 9.59 Å². The van der Waals surface area contributed by atoms with Crippen molar-refractivity contribution < 1.29 is 14.3 Å². The van der Waals surface area contributed by atoms with Crippen molar-refractivity contribution in [3.8, 4) is 5.75 Å². The van der Waals surface area contributed by atoms with E-state index in [1.165, 1.54) is 0 Å². The standard InChI is InChI=1S/C18H15NO3/c1-2-22-13-7-5-6-12(10-13)11-16-14-8-3-4-9-15(14)17(20)19-18(16)21/h3-11H,2H2,1H3,(H,19,20,21). The first-order chi connectivity index (χ1) is 10.7. The molecule has 1 N–H and O–H groups in total. The van der Waals surface area contributed by atoms with Gasteiger partial charge in [-0.3, -0.25) is 14.9 Å². The van der Waals surface area contributed by atoms with Gasteiger partial charge in [-0.1, -0.05) is 30.3 Å². The summed E-state index contributed by atoms with van der Waals surface area (Å²) < 4.78 is 5.47. The summed E-state index contributed by atoms with van der Waals surface area (Å²) in [5, 5.41) is 2.37. The molecule has 2 aromatic carbocycles. The van der Waals surface area contributed by atoms with Crippen molar-refractivity contribution >= 4 is 23.5 Å². The Bertz CT molecular complexity index is 777. The van der Waals surface area contributed by atoms with Crippen LogP contribution in [-0.4, -0.2) is 18.4 Å². The summed E-state index contributed by atoms with van der Waals surface area (Å²) in [6.45, 7) is 2.50. The second-order valence-corrected chi connectivity index (χ2v) is 4.89. The Hall–Kier alpha value is -2.88. The Labute approximate surface area is 128 Å². The van der Waals surface area contributed by atoms with Crippen LogP contribution in [0, 0.1) is 0 Å². The lowest BCUT2D eigenvalue weighted by atomic mass is 9.93. The molecule has 0 fully saturated rings. The van der Waals surface area contributed by atoms with Crippen LogP contribution in [0.2, 0.25) is 0 Å². The van der Waals surface area contributed by atoms with Gasteiger partial charge in [-0.15, -0.1) is 0 Å². The molecule has 1 aliphatic rings. The quantitative estimate of drug-likeness (QED) is 0.699. The smallest absolute Gasteiger partial charge is 0.258 e. The van der Waals surface area contributed by atoms with E-state index in [0.717, 1.165) is 11.3 Å². The van der Waals surface area contributed by atoms with Crippen LogP contribution in [-0.2, 0) is 4.79 Å². The van der Waals surface area contributed by atoms with Crippen LogP contribution < -0.4 is 10.1 Å². The molecule has 0 saturated heterocycles. The van der Waals surface area contributed by atoms with Gasteiger partial charge in [0.05, 0.1) is 6.61 Å². The first-order valence-corrected chi connectivity index (χ1v) is 7.08. The topological polar surface area (TPSA) is 55.4 Å². The van der Waals surface area contributed by atoms with Gasteiger partial charge in [-0.05, 0) is 42.3 Å². The predicted molar refractivity (Wildman–Crippen MR) is 84.4 cm³/mol. The molecule has 22 heavy (non-hydrogen) atoms. The van der Waals surface area contributed by atoms with Crippen LogP contribution in [0.1, 0.15) is 28.4 Å². The lowest BCUT2D eigenvalue weighted by Crippen LogP contribution is -2.36. The Balaban J connectivity index is 2.07. The molecule has 0 aliphatic carbocycles. The zero-order chi connectivity index (χ0) is 15.5. The number of nitrogens with one attached hydrogen (secondary N) is 1. The SMILES string of the molecule is CCOc1cccc(C=C2C(=O)NC(=O)c3ccccc32)c1. The fraction of sp³-hybridized carbons (Fsp3) is 0.111. The highest BCUT2D eigenvalue weighted by molar-refractivity contribution is 6.33. The summed E-state index contributed by atoms with van der Waals surface area (Å²) in [5.41, 5.74) is 2.48. The summed E-state index contributed by atoms with van der Waals surface area (Å²) in [5.74, 6) is 0.00348. The van der Waals surface area contributed by atoms with Crippen molar-refractivity contribution in [1.82, 2.24) is 5.32 Å². The third kappa shape index (κ3) is 2.63. The molecule has 0 atom stereocenters. The number of hydrogen-bond acceptors (Lipinski definition) is 3. The number of carbonyl (C=O) groups is 2. The predicted octanol–water partition coefficient (Wildman–Crippen LogP) is 2.90. The van der Waals surface area contributed by atoms with Crippen LogP contribution >= 0.6 is 0 Å². The zero-order valence-corrected chi connectivity index (χ0v) is 12.1. The average molecular weight is 293 g/mol. The molecule has 4 heteroatoms. The number of carbonyl (C=O) groups excluding carboxylic acids is 2. The van der Waals surface area contributed by atoms with Gasteiger partial charge < -0.3 is 4.74 Å². The second-order valence-electron chi connectivity index (χ2n) is 4.89. The van der Waals surface area contributed by atoms with Gasteiger partial charge in [-0.2, -0.15) is 0 Å². The maximum atomic E-state index is 12.2. The molecule has 1 aliphatic heterocycles. The lowest BCUT2D eigenvalue weighted by Gasteiger charge is -2.18. The molecule has 3 rings (SSSR count). The van der Waals surface area contributed by atoms with E-state index >= 15 is 0 Å². The summed E-state index contributed by atoms with van der Waals surface area (Å²) >= 11 is 0. The molecule has 0 spiro atoms. The molecule has 0 aromatic heterocycles. The van der Waals surface area contributed by atoms with E-state index in [4.69, 9.17) is 4.74 Å². The van der Waals surface area contributed by atoms with Crippen molar-refractivity contribution in [2.24, 2.45) is 0 Å². The minimum Gasteiger partial charge on any atom is -0.494 e. The van der Waals surface area contributed by atoms with Gasteiger partial charge in [0.15, 0.2) is 0 Å². The first kappa shape index (κ1) is 14.1. The van der Waals surface area contributed by atoms with Gasteiger partial charge in [-0.25, -0.2) is 0 Å². The molecule has 1 heterocycles. The molecule has 0 bridgehead atoms. The largest absolute Gasteiger partial charge is 0.494 e. The Morgan fingerprint density at radius 1 is 1.00 bits per heavy atom. The first-order valence-electron chi connectivity index (χ1n) is 7.08. The lowest BCUT2D eigenvalue weighted by molar-refractivity contribution is -0.114. The number of amides is 2. The van der Waals surface area contributed by atoms with Crippen molar-refractivity contribution in [2.75, 3.05) is 6.61 Å². The van der Waals surface area contributed by atoms with E-state index in [0.29, 0.717) is 23.3 Å². The van der Waals surface area contributed by atoms with E-state index in [2.05, 4.69) is 5.32 Å². The summed E-state index contributed by atoms with van der Waals surface area (Å²) in [4.78, 5) is 24.0. The maximum Gasteiger partial charge on any atom is 0.258 e. The van der Waals surface area contributed by atoms with Gasteiger partial charge in [0, 0.05) is 11.1 Å². The van der Waals surface area contributed by atoms with Crippen molar-refractivity contribution in [2.45, 2.75) is 6.92 Å². The second kappa shape index (κ2) is 5.85. The number of fused-ring (bicyclic) bond motifs is 1. The maximum absolute atomic E-state index is 12.2. The van der Waals surface area contributed by atoms with Crippen molar-refractivity contribution in [1.29, 1.82) is 0 Å². The number of hydrogen-bond donors (Lipinski definition) is 1. The monoisotopic (exact) mass is 293 g/mol. The van der Waals surface area contributed by atoms with Crippen LogP contribution in [0.15, 0.2) is 48.5 Å². The number of ether oxygens (including phenoxy) is 1. The molecule has 110 valence electrons. The molecular formula is C18H15NO3. The van der Waals surface area contributed by atoms with E-state index in [-0.39, 0.29) is 11.8 Å². The highest BCUT2D eigenvalue weighted by atomic mass is 16.5. The third-order valence-electron chi connectivity index (χ3n) is 3.41. The van der Waals surface area contributed by atoms with Crippen molar-refractivity contribution in [3.63, 3.8) is 0 Å². The Morgan fingerprint density at radius 2 is 1.77 bits per heavy atom. The minimum absolute atomic E-state index is 0.360. The van der Waals surface area contributed by atoms with Crippen LogP contribution in [0.25, 0.3) is 11.6 Å². The van der Waals surface area contributed by atoms with Gasteiger partial charge >= 0.3 is 0 Å². The highest BCUT2D eigenvalue weighted by Gasteiger charge is 2.26. The Kier molecular flexibility index (Phi) is 3.74. The molecule has 0 radical (unpaired) electrons. The summed E-state index contributed by atoms with van der Waals surface area (Å²) in [6.07, 6.45) is 1.77. The van der Waals surface area contributed by atoms with E-state index < -0.39 is 0 Å². The molecular weight excluding hydrogens is 278 g/mol. The van der Waals surface area contributed by atoms with Crippen LogP contribution in [0.5, 0.6) is 5.75 Å². The van der Waals surface area contributed by atoms with E-state index in [1.807, 2.05) is 37.3 Å². The van der Waals surface area contributed by atoms with Crippen LogP contribution in [0.4, 0.5) is 0 Å².